The Hall–Kier alpha value is -3.30. The Morgan fingerprint density at radius 1 is 0.960 bits per heavy atom. The first-order valence-corrected chi connectivity index (χ1v) is 17.6. The van der Waals surface area contributed by atoms with E-state index in [0.29, 0.717) is 38.3 Å². The van der Waals surface area contributed by atoms with E-state index in [1.807, 2.05) is 20.8 Å². The molecule has 5 rings (SSSR count). The maximum atomic E-state index is 12.7. The summed E-state index contributed by atoms with van der Waals surface area (Å²) in [5.74, 6) is -0.201. The van der Waals surface area contributed by atoms with Crippen LogP contribution in [0.4, 0.5) is 19.1 Å². The number of piperazine rings is 1. The summed E-state index contributed by atoms with van der Waals surface area (Å²) < 4.78 is 56.5. The van der Waals surface area contributed by atoms with Gasteiger partial charge in [0.2, 0.25) is 5.95 Å². The Balaban J connectivity index is 1.10. The molecule has 0 amide bonds. The van der Waals surface area contributed by atoms with Crippen molar-refractivity contribution in [3.05, 3.63) is 42.2 Å². The molecule has 2 aliphatic rings. The third-order valence-corrected chi connectivity index (χ3v) is 9.02. The van der Waals surface area contributed by atoms with E-state index in [2.05, 4.69) is 60.1 Å². The first kappa shape index (κ1) is 37.9. The number of alkyl halides is 3. The van der Waals surface area contributed by atoms with E-state index in [-0.39, 0.29) is 37.2 Å². The SMILES string of the molecule is CC(C)(C)OC(=O)COCCOCCN1CCN(Cc2ccc(-c3cn([C@H]4CC[C@H](O)CC4)c4nc(NCCC(F)(F)F)ncc34)cc2)CC1. The molecule has 0 spiro atoms. The van der Waals surface area contributed by atoms with Crippen molar-refractivity contribution < 1.29 is 37.3 Å². The molecule has 1 aliphatic heterocycles. The fourth-order valence-corrected chi connectivity index (χ4v) is 6.43. The second-order valence-corrected chi connectivity index (χ2v) is 14.2. The second kappa shape index (κ2) is 17.3. The van der Waals surface area contributed by atoms with Gasteiger partial charge >= 0.3 is 12.1 Å². The topological polar surface area (TPSA) is 114 Å². The molecule has 1 saturated heterocycles. The van der Waals surface area contributed by atoms with Gasteiger partial charge in [-0.05, 0) is 57.6 Å². The number of rotatable bonds is 15. The number of carbonyl (C=O) groups excluding carboxylic acids is 1. The van der Waals surface area contributed by atoms with Crippen LogP contribution in [0.15, 0.2) is 36.7 Å². The van der Waals surface area contributed by atoms with Gasteiger partial charge in [-0.3, -0.25) is 9.80 Å². The summed E-state index contributed by atoms with van der Waals surface area (Å²) in [6, 6.07) is 8.66. The largest absolute Gasteiger partial charge is 0.458 e. The summed E-state index contributed by atoms with van der Waals surface area (Å²) in [5.41, 5.74) is 3.38. The number of nitrogens with one attached hydrogen (secondary N) is 1. The van der Waals surface area contributed by atoms with E-state index in [9.17, 15) is 23.1 Å². The Morgan fingerprint density at radius 3 is 2.32 bits per heavy atom. The number of carbonyl (C=O) groups is 1. The summed E-state index contributed by atoms with van der Waals surface area (Å²) in [6.07, 6.45) is 1.26. The van der Waals surface area contributed by atoms with E-state index in [1.165, 1.54) is 5.56 Å². The van der Waals surface area contributed by atoms with Crippen LogP contribution < -0.4 is 5.32 Å². The molecular formula is C36H51F3N6O5. The lowest BCUT2D eigenvalue weighted by molar-refractivity contribution is -0.160. The van der Waals surface area contributed by atoms with Crippen LogP contribution in [-0.4, -0.2) is 119 Å². The maximum Gasteiger partial charge on any atom is 0.390 e. The average Bonchev–Trinajstić information content (AvgIpc) is 3.43. The van der Waals surface area contributed by atoms with Crippen molar-refractivity contribution in [3.8, 4) is 11.1 Å². The molecule has 1 aromatic carbocycles. The number of aliphatic hydroxyl groups excluding tert-OH is 1. The number of hydrogen-bond acceptors (Lipinski definition) is 10. The van der Waals surface area contributed by atoms with E-state index < -0.39 is 18.2 Å². The molecule has 0 unspecified atom stereocenters. The highest BCUT2D eigenvalue weighted by atomic mass is 19.4. The van der Waals surface area contributed by atoms with Gasteiger partial charge < -0.3 is 29.2 Å². The van der Waals surface area contributed by atoms with Crippen LogP contribution in [0.1, 0.15) is 64.5 Å². The minimum atomic E-state index is -4.26. The highest BCUT2D eigenvalue weighted by Gasteiger charge is 2.27. The van der Waals surface area contributed by atoms with E-state index in [1.54, 1.807) is 6.20 Å². The number of anilines is 1. The number of aromatic nitrogens is 3. The highest BCUT2D eigenvalue weighted by molar-refractivity contribution is 5.94. The van der Waals surface area contributed by atoms with Crippen molar-refractivity contribution in [2.75, 3.05) is 71.0 Å². The van der Waals surface area contributed by atoms with Gasteiger partial charge in [0.1, 0.15) is 17.9 Å². The molecule has 11 nitrogen and oxygen atoms in total. The molecule has 14 heteroatoms. The third kappa shape index (κ3) is 11.6. The number of fused-ring (bicyclic) bond motifs is 1. The van der Waals surface area contributed by atoms with Gasteiger partial charge in [-0.1, -0.05) is 24.3 Å². The molecule has 276 valence electrons. The molecule has 0 atom stereocenters. The van der Waals surface area contributed by atoms with Gasteiger partial charge in [-0.2, -0.15) is 18.2 Å². The van der Waals surface area contributed by atoms with Crippen molar-refractivity contribution >= 4 is 23.0 Å². The number of ether oxygens (including phenoxy) is 3. The van der Waals surface area contributed by atoms with Crippen molar-refractivity contribution in [1.29, 1.82) is 0 Å². The van der Waals surface area contributed by atoms with Gasteiger partial charge in [-0.25, -0.2) is 9.78 Å². The van der Waals surface area contributed by atoms with Crippen LogP contribution in [-0.2, 0) is 25.5 Å². The van der Waals surface area contributed by atoms with Crippen LogP contribution in [0.5, 0.6) is 0 Å². The Kier molecular flexibility index (Phi) is 13.1. The van der Waals surface area contributed by atoms with E-state index >= 15 is 0 Å². The van der Waals surface area contributed by atoms with E-state index in [0.717, 1.165) is 68.6 Å². The first-order valence-electron chi connectivity index (χ1n) is 17.6. The number of aliphatic hydroxyl groups is 1. The van der Waals surface area contributed by atoms with Crippen molar-refractivity contribution in [3.63, 3.8) is 0 Å². The fourth-order valence-electron chi connectivity index (χ4n) is 6.43. The molecule has 3 heterocycles. The lowest BCUT2D eigenvalue weighted by atomic mass is 9.93. The van der Waals surface area contributed by atoms with Gasteiger partial charge in [0.15, 0.2) is 0 Å². The molecule has 1 saturated carbocycles. The number of nitrogens with zero attached hydrogens (tertiary/aromatic N) is 5. The molecular weight excluding hydrogens is 653 g/mol. The number of esters is 1. The van der Waals surface area contributed by atoms with Crippen LogP contribution in [0.2, 0.25) is 0 Å². The third-order valence-electron chi connectivity index (χ3n) is 9.02. The summed E-state index contributed by atoms with van der Waals surface area (Å²) in [7, 11) is 0. The summed E-state index contributed by atoms with van der Waals surface area (Å²) in [6.45, 7) is 12.0. The lowest BCUT2D eigenvalue weighted by Crippen LogP contribution is -2.46. The number of benzene rings is 1. The van der Waals surface area contributed by atoms with Crippen LogP contribution in [0.25, 0.3) is 22.2 Å². The van der Waals surface area contributed by atoms with Crippen molar-refractivity contribution in [1.82, 2.24) is 24.3 Å². The normalized spacial score (nSPS) is 19.6. The number of hydrogen-bond donors (Lipinski definition) is 2. The number of halogens is 3. The van der Waals surface area contributed by atoms with Crippen LogP contribution in [0, 0.1) is 0 Å². The first-order chi connectivity index (χ1) is 23.8. The predicted octanol–water partition coefficient (Wildman–Crippen LogP) is 5.43. The van der Waals surface area contributed by atoms with Gasteiger partial charge in [0.05, 0.1) is 32.3 Å². The van der Waals surface area contributed by atoms with Crippen molar-refractivity contribution in [2.24, 2.45) is 0 Å². The second-order valence-electron chi connectivity index (χ2n) is 14.2. The minimum Gasteiger partial charge on any atom is -0.458 e. The monoisotopic (exact) mass is 704 g/mol. The van der Waals surface area contributed by atoms with Gasteiger partial charge in [0.25, 0.3) is 0 Å². The van der Waals surface area contributed by atoms with Gasteiger partial charge in [0, 0.05) is 75.2 Å². The molecule has 2 N–H and O–H groups in total. The Morgan fingerprint density at radius 2 is 1.64 bits per heavy atom. The van der Waals surface area contributed by atoms with Crippen LogP contribution in [0.3, 0.4) is 0 Å². The summed E-state index contributed by atoms with van der Waals surface area (Å²) in [5, 5.41) is 13.6. The molecule has 50 heavy (non-hydrogen) atoms. The molecule has 1 aliphatic carbocycles. The summed E-state index contributed by atoms with van der Waals surface area (Å²) in [4.78, 5) is 25.5. The smallest absolute Gasteiger partial charge is 0.390 e. The van der Waals surface area contributed by atoms with Crippen molar-refractivity contribution in [2.45, 2.75) is 83.3 Å². The minimum absolute atomic E-state index is 0.0738. The Labute approximate surface area is 292 Å². The quantitative estimate of drug-likeness (QED) is 0.157. The Bertz CT molecular complexity index is 1510. The van der Waals surface area contributed by atoms with E-state index in [4.69, 9.17) is 14.2 Å². The molecule has 0 radical (unpaired) electrons. The molecule has 3 aromatic rings. The zero-order valence-corrected chi connectivity index (χ0v) is 29.4. The zero-order chi connectivity index (χ0) is 35.7. The lowest BCUT2D eigenvalue weighted by Gasteiger charge is -2.34. The molecule has 2 aromatic heterocycles. The average molecular weight is 705 g/mol. The van der Waals surface area contributed by atoms with Gasteiger partial charge in [-0.15, -0.1) is 0 Å². The standard InChI is InChI=1S/C36H51F3N6O5/c1-35(2,3)50-32(47)25-49-21-20-48-19-18-43-14-16-44(17-15-43)23-26-4-6-27(7-5-26)31-24-45(28-8-10-29(46)11-9-28)33-30(31)22-41-34(42-33)40-13-12-36(37,38)39/h4-7,22,24,28-29,46H,8-21,23,25H2,1-3H3,(H,40,41,42)/t28-,29-. The summed E-state index contributed by atoms with van der Waals surface area (Å²) >= 11 is 0. The predicted molar refractivity (Wildman–Crippen MR) is 185 cm³/mol. The molecule has 2 fully saturated rings. The zero-order valence-electron chi connectivity index (χ0n) is 29.4. The van der Waals surface area contributed by atoms with Crippen LogP contribution >= 0.6 is 0 Å². The molecule has 0 bridgehead atoms. The highest BCUT2D eigenvalue weighted by Crippen LogP contribution is 2.37. The maximum absolute atomic E-state index is 12.7. The fraction of sp³-hybridized carbons (Fsp3) is 0.639.